The van der Waals surface area contributed by atoms with Crippen LogP contribution in [-0.4, -0.2) is 130 Å². The summed E-state index contributed by atoms with van der Waals surface area (Å²) in [5.74, 6) is -6.28. The predicted molar refractivity (Wildman–Crippen MR) is 270 cm³/mol. The van der Waals surface area contributed by atoms with Crippen molar-refractivity contribution in [1.82, 2.24) is 52.2 Å². The van der Waals surface area contributed by atoms with E-state index in [2.05, 4.69) is 57.2 Å². The van der Waals surface area contributed by atoms with Crippen molar-refractivity contribution in [3.05, 3.63) is 90.1 Å². The summed E-state index contributed by atoms with van der Waals surface area (Å²) in [5.41, 5.74) is 31.2. The number of benzene rings is 2. The first kappa shape index (κ1) is 56.7. The molecule has 2 aromatic carbocycles. The average molecular weight is 999 g/mol. The number of nitrogens with two attached hydrogens (primary N) is 5. The molecule has 0 bridgehead atoms. The van der Waals surface area contributed by atoms with Crippen LogP contribution in [-0.2, 0) is 57.6 Å². The fourth-order valence-corrected chi connectivity index (χ4v) is 7.63. The number of unbranched alkanes of at least 4 members (excludes halogenated alkanes) is 1. The second kappa shape index (κ2) is 28.7. The number of rotatable bonds is 30. The molecule has 0 aliphatic rings. The lowest BCUT2D eigenvalue weighted by Crippen LogP contribution is -2.59. The minimum atomic E-state index is -1.31. The van der Waals surface area contributed by atoms with E-state index in [1.807, 2.05) is 24.3 Å². The smallest absolute Gasteiger partial charge is 0.243 e. The summed E-state index contributed by atoms with van der Waals surface area (Å²) in [7, 11) is 0. The van der Waals surface area contributed by atoms with Gasteiger partial charge < -0.3 is 75.9 Å². The SMILES string of the molecule is CC(C)C(NC(=O)[C@@H](C)NC(=O)C(CCCCN)NC(=O)C(Cc1c[nH]c2ccccc12)NC(=O)CNC(=O)C(CCCN=C(N)N)NC(=O)C(Cc1ccccc1)NC(=O)C(N)Cc1cnc[nH]1)C(N)=O. The van der Waals surface area contributed by atoms with Crippen molar-refractivity contribution in [2.75, 3.05) is 19.6 Å². The van der Waals surface area contributed by atoms with Crippen LogP contribution in [0.1, 0.15) is 69.7 Å². The van der Waals surface area contributed by atoms with Crippen molar-refractivity contribution < 1.29 is 38.4 Å². The molecule has 0 aliphatic carbocycles. The van der Waals surface area contributed by atoms with Crippen LogP contribution in [0.25, 0.3) is 10.9 Å². The number of hydrogen-bond acceptors (Lipinski definition) is 12. The van der Waals surface area contributed by atoms with E-state index in [9.17, 15) is 38.4 Å². The normalized spacial score (nSPS) is 14.0. The molecule has 0 saturated carbocycles. The molecule has 8 amide bonds. The first-order valence-corrected chi connectivity index (χ1v) is 23.8. The van der Waals surface area contributed by atoms with E-state index in [4.69, 9.17) is 28.7 Å². The van der Waals surface area contributed by atoms with Crippen molar-refractivity contribution >= 4 is 64.1 Å². The number of carbonyl (C=O) groups is 8. The van der Waals surface area contributed by atoms with E-state index in [-0.39, 0.29) is 56.9 Å². The number of nitrogens with zero attached hydrogens (tertiary/aromatic N) is 2. The lowest BCUT2D eigenvalue weighted by atomic mass is 10.0. The van der Waals surface area contributed by atoms with E-state index in [1.165, 1.54) is 19.4 Å². The Bertz CT molecular complexity index is 2460. The molecule has 7 atom stereocenters. The van der Waals surface area contributed by atoms with Crippen LogP contribution in [0, 0.1) is 5.92 Å². The second-order valence-corrected chi connectivity index (χ2v) is 17.8. The van der Waals surface area contributed by atoms with Crippen molar-refractivity contribution in [2.45, 2.75) is 114 Å². The fourth-order valence-electron chi connectivity index (χ4n) is 7.63. The zero-order valence-electron chi connectivity index (χ0n) is 40.9. The minimum Gasteiger partial charge on any atom is -0.370 e. The minimum absolute atomic E-state index is 0.00421. The average Bonchev–Trinajstić information content (AvgIpc) is 4.02. The van der Waals surface area contributed by atoms with Crippen LogP contribution in [0.5, 0.6) is 0 Å². The maximum absolute atomic E-state index is 14.3. The van der Waals surface area contributed by atoms with E-state index in [0.29, 0.717) is 36.2 Å². The largest absolute Gasteiger partial charge is 0.370 e. The molecule has 0 fully saturated rings. The first-order chi connectivity index (χ1) is 34.4. The highest BCUT2D eigenvalue weighted by atomic mass is 16.2. The van der Waals surface area contributed by atoms with Gasteiger partial charge in [0.25, 0.3) is 0 Å². The van der Waals surface area contributed by atoms with Gasteiger partial charge in [-0.3, -0.25) is 43.3 Å². The maximum Gasteiger partial charge on any atom is 0.243 e. The summed E-state index contributed by atoms with van der Waals surface area (Å²) in [6, 6.07) is 8.09. The van der Waals surface area contributed by atoms with Crippen LogP contribution < -0.4 is 65.9 Å². The number of amides is 8. The van der Waals surface area contributed by atoms with E-state index >= 15 is 0 Å². The molecule has 390 valence electrons. The molecular weight excluding hydrogens is 929 g/mol. The lowest BCUT2D eigenvalue weighted by molar-refractivity contribution is -0.134. The topological polar surface area (TPSA) is 408 Å². The van der Waals surface area contributed by atoms with E-state index in [0.717, 1.165) is 10.9 Å². The Morgan fingerprint density at radius 1 is 0.653 bits per heavy atom. The third-order valence-electron chi connectivity index (χ3n) is 11.6. The molecule has 4 rings (SSSR count). The molecule has 4 aromatic rings. The number of aromatic amines is 2. The Balaban J connectivity index is 1.53. The lowest BCUT2D eigenvalue weighted by Gasteiger charge is -2.26. The van der Waals surface area contributed by atoms with Crippen LogP contribution in [0.3, 0.4) is 0 Å². The number of imidazole rings is 1. The zero-order chi connectivity index (χ0) is 52.7. The van der Waals surface area contributed by atoms with Crippen molar-refractivity contribution in [1.29, 1.82) is 0 Å². The standard InChI is InChI=1S/C48H70N16O8/c1-27(2)40(41(51)66)64-42(67)28(3)59-45(70)36(16-9-10-18-49)62-47(72)38(21-30-23-56-34-15-8-7-14-32(30)34)60-39(65)25-57-44(69)35(17-11-19-55-48(52)53)61-46(71)37(20-29-12-5-4-6-13-29)63-43(68)33(50)22-31-24-54-26-58-31/h4-8,12-15,23-24,26-28,33,35-38,40,56H,9-11,16-22,25,49-50H2,1-3H3,(H2,51,66)(H,54,58)(H,57,69)(H,59,70)(H,60,65)(H,61,71)(H,62,72)(H,63,68)(H,64,67)(H4,52,53,55)/t28-,33?,35?,36?,37?,38?,40?/m1/s1. The number of nitrogens with one attached hydrogen (secondary N) is 9. The number of hydrogen-bond donors (Lipinski definition) is 14. The highest BCUT2D eigenvalue weighted by Crippen LogP contribution is 2.20. The predicted octanol–water partition coefficient (Wildman–Crippen LogP) is -2.39. The molecule has 0 spiro atoms. The van der Waals surface area contributed by atoms with Gasteiger partial charge >= 0.3 is 0 Å². The first-order valence-electron chi connectivity index (χ1n) is 23.8. The van der Waals surface area contributed by atoms with Gasteiger partial charge in [0.15, 0.2) is 5.96 Å². The van der Waals surface area contributed by atoms with Crippen LogP contribution >= 0.6 is 0 Å². The summed E-state index contributed by atoms with van der Waals surface area (Å²) < 4.78 is 0. The highest BCUT2D eigenvalue weighted by molar-refractivity contribution is 5.97. The van der Waals surface area contributed by atoms with Crippen molar-refractivity contribution in [2.24, 2.45) is 39.6 Å². The zero-order valence-corrected chi connectivity index (χ0v) is 40.9. The molecular formula is C48H70N16O8. The molecule has 72 heavy (non-hydrogen) atoms. The van der Waals surface area contributed by atoms with Crippen molar-refractivity contribution in [3.63, 3.8) is 0 Å². The van der Waals surface area contributed by atoms with Gasteiger partial charge in [-0.05, 0) is 68.7 Å². The number of guanidine groups is 1. The van der Waals surface area contributed by atoms with Crippen LogP contribution in [0.2, 0.25) is 0 Å². The van der Waals surface area contributed by atoms with Gasteiger partial charge in [-0.1, -0.05) is 62.4 Å². The summed E-state index contributed by atoms with van der Waals surface area (Å²) in [5, 5.41) is 19.3. The summed E-state index contributed by atoms with van der Waals surface area (Å²) >= 11 is 0. The molecule has 0 radical (unpaired) electrons. The summed E-state index contributed by atoms with van der Waals surface area (Å²) in [6.07, 6.45) is 6.03. The Kier molecular flexibility index (Phi) is 22.6. The second-order valence-electron chi connectivity index (χ2n) is 17.8. The van der Waals surface area contributed by atoms with Gasteiger partial charge in [-0.2, -0.15) is 0 Å². The number of carbonyl (C=O) groups excluding carboxylic acids is 8. The fraction of sp³-hybridized carbons (Fsp3) is 0.458. The molecule has 24 heteroatoms. The monoisotopic (exact) mass is 999 g/mol. The highest BCUT2D eigenvalue weighted by Gasteiger charge is 2.32. The number of H-pyrrole nitrogens is 2. The Morgan fingerprint density at radius 3 is 1.92 bits per heavy atom. The third-order valence-corrected chi connectivity index (χ3v) is 11.6. The third kappa shape index (κ3) is 18.5. The summed E-state index contributed by atoms with van der Waals surface area (Å²) in [6.45, 7) is 4.58. The number of fused-ring (bicyclic) bond motifs is 1. The number of primary amides is 1. The Morgan fingerprint density at radius 2 is 1.28 bits per heavy atom. The Labute approximate surface area is 417 Å². The van der Waals surface area contributed by atoms with Crippen molar-refractivity contribution in [3.8, 4) is 0 Å². The molecule has 0 aliphatic heterocycles. The van der Waals surface area contributed by atoms with E-state index in [1.54, 1.807) is 50.4 Å². The van der Waals surface area contributed by atoms with Crippen LogP contribution in [0.4, 0.5) is 0 Å². The molecule has 19 N–H and O–H groups in total. The molecule has 0 saturated heterocycles. The molecule has 2 aromatic heterocycles. The van der Waals surface area contributed by atoms with Gasteiger partial charge in [0.05, 0.1) is 18.9 Å². The Hall–Kier alpha value is -7.86. The summed E-state index contributed by atoms with van der Waals surface area (Å²) in [4.78, 5) is 122. The van der Waals surface area contributed by atoms with E-state index < -0.39 is 96.1 Å². The number of aliphatic imine (C=N–C) groups is 1. The quantitative estimate of drug-likeness (QED) is 0.0148. The molecule has 24 nitrogen and oxygen atoms in total. The number of para-hydroxylation sites is 1. The van der Waals surface area contributed by atoms with Gasteiger partial charge in [-0.15, -0.1) is 0 Å². The van der Waals surface area contributed by atoms with Gasteiger partial charge in [-0.25, -0.2) is 4.98 Å². The molecule has 2 heterocycles. The maximum atomic E-state index is 14.3. The van der Waals surface area contributed by atoms with Gasteiger partial charge in [0.1, 0.15) is 36.3 Å². The number of aromatic nitrogens is 3. The van der Waals surface area contributed by atoms with Gasteiger partial charge in [0.2, 0.25) is 47.3 Å². The van der Waals surface area contributed by atoms with Crippen LogP contribution in [0.15, 0.2) is 78.3 Å². The molecule has 6 unspecified atom stereocenters. The van der Waals surface area contributed by atoms with Gasteiger partial charge in [0, 0.05) is 54.8 Å².